The van der Waals surface area contributed by atoms with E-state index in [4.69, 9.17) is 0 Å². The van der Waals surface area contributed by atoms with Crippen LogP contribution in [0.4, 0.5) is 5.69 Å². The Hall–Kier alpha value is -3.31. The van der Waals surface area contributed by atoms with E-state index in [1.807, 2.05) is 31.1 Å². The molecule has 0 bridgehead atoms. The fourth-order valence-electron chi connectivity index (χ4n) is 3.57. The first-order chi connectivity index (χ1) is 20.1. The van der Waals surface area contributed by atoms with Crippen LogP contribution in [-0.2, 0) is 22.4 Å². The predicted molar refractivity (Wildman–Crippen MR) is 186 cm³/mol. The van der Waals surface area contributed by atoms with E-state index in [0.29, 0.717) is 6.42 Å². The maximum atomic E-state index is 10.9. The van der Waals surface area contributed by atoms with Crippen molar-refractivity contribution in [1.82, 2.24) is 4.90 Å². The molecule has 5 heteroatoms. The fourth-order valence-corrected chi connectivity index (χ4v) is 3.57. The van der Waals surface area contributed by atoms with Crippen LogP contribution in [0.1, 0.15) is 97.3 Å². The van der Waals surface area contributed by atoms with Crippen LogP contribution in [-0.4, -0.2) is 50.4 Å². The number of anilines is 1. The summed E-state index contributed by atoms with van der Waals surface area (Å²) in [5.41, 5.74) is 6.95. The lowest BCUT2D eigenvalue weighted by atomic mass is 10.0. The highest BCUT2D eigenvalue weighted by atomic mass is 16.1. The van der Waals surface area contributed by atoms with Gasteiger partial charge in [0, 0.05) is 31.4 Å². The van der Waals surface area contributed by atoms with E-state index < -0.39 is 0 Å². The predicted octanol–water partition coefficient (Wildman–Crippen LogP) is 9.12. The molecule has 2 aromatic rings. The quantitative estimate of drug-likeness (QED) is 0.146. The van der Waals surface area contributed by atoms with Crippen LogP contribution in [0.5, 0.6) is 0 Å². The second kappa shape index (κ2) is 27.8. The second-order valence-electron chi connectivity index (χ2n) is 10.2. The zero-order chi connectivity index (χ0) is 32.2. The Kier molecular flexibility index (Phi) is 27.1. The number of ketones is 1. The zero-order valence-electron chi connectivity index (χ0n) is 28.3. The summed E-state index contributed by atoms with van der Waals surface area (Å²) in [6.07, 6.45) is 14.3. The van der Waals surface area contributed by atoms with Gasteiger partial charge in [-0.25, -0.2) is 0 Å². The van der Waals surface area contributed by atoms with Gasteiger partial charge in [0.1, 0.15) is 6.29 Å². The summed E-state index contributed by atoms with van der Waals surface area (Å²) in [5.74, 6) is 0.0350. The van der Waals surface area contributed by atoms with Crippen LogP contribution in [0.2, 0.25) is 0 Å². The summed E-state index contributed by atoms with van der Waals surface area (Å²) >= 11 is 0. The molecule has 42 heavy (non-hydrogen) atoms. The number of nitrogens with one attached hydrogen (secondary N) is 1. The van der Waals surface area contributed by atoms with Gasteiger partial charge in [-0.1, -0.05) is 90.3 Å². The van der Waals surface area contributed by atoms with Crippen molar-refractivity contribution >= 4 is 23.5 Å². The molecule has 0 fully saturated rings. The molecule has 2 aromatic carbocycles. The monoisotopic (exact) mass is 577 g/mol. The lowest BCUT2D eigenvalue weighted by Crippen LogP contribution is -2.12. The lowest BCUT2D eigenvalue weighted by molar-refractivity contribution is -0.112. The molecule has 0 unspecified atom stereocenters. The number of aryl methyl sites for hydroxylation is 2. The highest BCUT2D eigenvalue weighted by Gasteiger charge is 2.00. The first kappa shape index (κ1) is 40.8. The third kappa shape index (κ3) is 23.4. The van der Waals surface area contributed by atoms with Gasteiger partial charge >= 0.3 is 0 Å². The summed E-state index contributed by atoms with van der Waals surface area (Å²) in [6.45, 7) is 15.4. The van der Waals surface area contributed by atoms with Crippen molar-refractivity contribution in [3.05, 3.63) is 89.1 Å². The Labute approximate surface area is 258 Å². The van der Waals surface area contributed by atoms with Crippen molar-refractivity contribution < 1.29 is 9.59 Å². The molecular formula is C37H59N3O2. The molecule has 0 aliphatic carbocycles. The van der Waals surface area contributed by atoms with Gasteiger partial charge in [0.15, 0.2) is 5.78 Å². The molecule has 0 heterocycles. The van der Waals surface area contributed by atoms with E-state index in [2.05, 4.69) is 94.3 Å². The Morgan fingerprint density at radius 2 is 1.48 bits per heavy atom. The van der Waals surface area contributed by atoms with Gasteiger partial charge in [0.25, 0.3) is 0 Å². The molecule has 2 rings (SSSR count). The van der Waals surface area contributed by atoms with Crippen LogP contribution >= 0.6 is 0 Å². The summed E-state index contributed by atoms with van der Waals surface area (Å²) in [5, 5.41) is 3.38. The number of benzene rings is 2. The molecule has 0 radical (unpaired) electrons. The van der Waals surface area contributed by atoms with E-state index in [-0.39, 0.29) is 5.78 Å². The summed E-state index contributed by atoms with van der Waals surface area (Å²) in [7, 11) is 5.63. The van der Waals surface area contributed by atoms with E-state index >= 15 is 0 Å². The average Bonchev–Trinajstić information content (AvgIpc) is 2.98. The Balaban J connectivity index is 0. The van der Waals surface area contributed by atoms with E-state index in [1.165, 1.54) is 48.7 Å². The van der Waals surface area contributed by atoms with Crippen molar-refractivity contribution in [3.63, 3.8) is 0 Å². The number of hydrogen-bond donors (Lipinski definition) is 1. The average molecular weight is 578 g/mol. The van der Waals surface area contributed by atoms with Crippen LogP contribution < -0.4 is 5.32 Å². The van der Waals surface area contributed by atoms with Gasteiger partial charge < -0.3 is 15.0 Å². The van der Waals surface area contributed by atoms with Crippen molar-refractivity contribution in [2.24, 2.45) is 4.99 Å². The summed E-state index contributed by atoms with van der Waals surface area (Å²) < 4.78 is 0. The largest absolute Gasteiger partial charge is 0.359 e. The minimum Gasteiger partial charge on any atom is -0.359 e. The number of aliphatic imine (C=N–C) groups is 1. The molecule has 0 saturated carbocycles. The minimum atomic E-state index is 0.0350. The lowest BCUT2D eigenvalue weighted by Gasteiger charge is -2.07. The van der Waals surface area contributed by atoms with E-state index in [1.54, 1.807) is 19.2 Å². The minimum absolute atomic E-state index is 0.0350. The van der Waals surface area contributed by atoms with Gasteiger partial charge in [-0.2, -0.15) is 0 Å². The summed E-state index contributed by atoms with van der Waals surface area (Å²) in [6, 6.07) is 16.8. The third-order valence-corrected chi connectivity index (χ3v) is 5.94. The molecule has 0 saturated heterocycles. The number of hydrogen-bond acceptors (Lipinski definition) is 5. The molecule has 0 atom stereocenters. The Morgan fingerprint density at radius 1 is 0.881 bits per heavy atom. The fraction of sp³-hybridized carbons (Fsp3) is 0.486. The zero-order valence-corrected chi connectivity index (χ0v) is 28.3. The highest BCUT2D eigenvalue weighted by molar-refractivity contribution is 6.11. The summed E-state index contributed by atoms with van der Waals surface area (Å²) in [4.78, 5) is 26.7. The smallest absolute Gasteiger partial charge is 0.152 e. The van der Waals surface area contributed by atoms with Crippen molar-refractivity contribution in [3.8, 4) is 0 Å². The molecule has 0 aliphatic rings. The molecule has 0 spiro atoms. The topological polar surface area (TPSA) is 61.8 Å². The molecule has 0 aromatic heterocycles. The molecule has 0 amide bonds. The molecule has 5 nitrogen and oxygen atoms in total. The van der Waals surface area contributed by atoms with Gasteiger partial charge in [-0.15, -0.1) is 0 Å². The number of allylic oxidation sites excluding steroid dienone is 4. The maximum absolute atomic E-state index is 10.9. The molecule has 1 N–H and O–H groups in total. The molecule has 234 valence electrons. The van der Waals surface area contributed by atoms with Crippen LogP contribution in [0.15, 0.2) is 77.4 Å². The highest BCUT2D eigenvalue weighted by Crippen LogP contribution is 2.13. The van der Waals surface area contributed by atoms with Gasteiger partial charge in [-0.3, -0.25) is 9.79 Å². The molecular weight excluding hydrogens is 518 g/mol. The number of carbonyl (C=O) groups is 2. The maximum Gasteiger partial charge on any atom is 0.152 e. The first-order valence-corrected chi connectivity index (χ1v) is 15.5. The number of carbonyl (C=O) groups excluding carboxylic acids is 2. The Morgan fingerprint density at radius 3 is 1.90 bits per heavy atom. The first-order valence-electron chi connectivity index (χ1n) is 15.5. The SMILES string of the molecule is CCC=C(C)Nc1cccc(CC)c1.CCCCC.CCc1cccc(C(/C=C\C(C)=O)=NC)c1.CN(C)CCC=O. The van der Waals surface area contributed by atoms with Crippen molar-refractivity contribution in [2.45, 2.75) is 93.4 Å². The normalized spacial score (nSPS) is 11.0. The van der Waals surface area contributed by atoms with Gasteiger partial charge in [-0.05, 0) is 94.2 Å². The van der Waals surface area contributed by atoms with Crippen LogP contribution in [0.3, 0.4) is 0 Å². The van der Waals surface area contributed by atoms with Crippen LogP contribution in [0.25, 0.3) is 0 Å². The number of unbranched alkanes of at least 4 members (excludes halogenated alkanes) is 2. The standard InChI is InChI=1S/C14H17NO.C13H19N.C5H11NO.C5H12/c1-4-12-6-5-7-13(10-12)14(15-3)9-8-11(2)16;1-4-7-11(3)14-13-9-6-8-12(5-2)10-13;1-6(2)4-3-5-7;1-3-5-4-2/h5-10H,4H2,1-3H3;6-10,14H,4-5H2,1-3H3;5H,3-4H2,1-2H3;3-5H2,1-2H3/b9-8-,15-14?;;;. The van der Waals surface area contributed by atoms with E-state index in [0.717, 1.165) is 43.4 Å². The molecule has 0 aliphatic heterocycles. The second-order valence-corrected chi connectivity index (χ2v) is 10.2. The van der Waals surface area contributed by atoms with Crippen LogP contribution in [0, 0.1) is 0 Å². The third-order valence-electron chi connectivity index (χ3n) is 5.94. The Bertz CT molecular complexity index is 1070. The number of nitrogens with zero attached hydrogens (tertiary/aromatic N) is 2. The van der Waals surface area contributed by atoms with Crippen molar-refractivity contribution in [1.29, 1.82) is 0 Å². The number of aldehydes is 1. The van der Waals surface area contributed by atoms with Crippen molar-refractivity contribution in [2.75, 3.05) is 33.0 Å². The van der Waals surface area contributed by atoms with Gasteiger partial charge in [0.2, 0.25) is 0 Å². The van der Waals surface area contributed by atoms with E-state index in [9.17, 15) is 9.59 Å². The number of rotatable bonds is 13. The van der Waals surface area contributed by atoms with Gasteiger partial charge in [0.05, 0.1) is 5.71 Å².